The van der Waals surface area contributed by atoms with E-state index in [4.69, 9.17) is 10.5 Å². The number of ether oxygens (including phenoxy) is 1. The van der Waals surface area contributed by atoms with Gasteiger partial charge in [0, 0.05) is 25.2 Å². The second-order valence-electron chi connectivity index (χ2n) is 5.83. The molecule has 1 aromatic carbocycles. The molecule has 3 rings (SSSR count). The zero-order valence-electron chi connectivity index (χ0n) is 13.4. The number of nitrogens with zero attached hydrogens (tertiary/aromatic N) is 3. The molecular formula is C18H24N4O. The number of aryl methyl sites for hydroxylation is 1. The highest BCUT2D eigenvalue weighted by Crippen LogP contribution is 2.19. The Hall–Kier alpha value is -1.82. The van der Waals surface area contributed by atoms with Crippen molar-refractivity contribution < 1.29 is 4.74 Å². The maximum absolute atomic E-state index is 5.92. The lowest BCUT2D eigenvalue weighted by molar-refractivity contribution is 0.0374. The van der Waals surface area contributed by atoms with E-state index in [0.717, 1.165) is 68.2 Å². The van der Waals surface area contributed by atoms with E-state index >= 15 is 0 Å². The molecule has 0 unspecified atom stereocenters. The van der Waals surface area contributed by atoms with Crippen molar-refractivity contribution in [1.82, 2.24) is 15.1 Å². The molecular weight excluding hydrogens is 288 g/mol. The van der Waals surface area contributed by atoms with Gasteiger partial charge in [0.1, 0.15) is 0 Å². The fourth-order valence-electron chi connectivity index (χ4n) is 2.89. The van der Waals surface area contributed by atoms with Crippen LogP contribution in [-0.2, 0) is 17.7 Å². The van der Waals surface area contributed by atoms with Crippen molar-refractivity contribution >= 4 is 0 Å². The second kappa shape index (κ2) is 8.15. The molecule has 1 aliphatic rings. The number of nitrogens with two attached hydrogens (primary N) is 1. The van der Waals surface area contributed by atoms with Crippen molar-refractivity contribution in [2.45, 2.75) is 19.4 Å². The number of rotatable bonds is 6. The third-order valence-electron chi connectivity index (χ3n) is 4.24. The van der Waals surface area contributed by atoms with E-state index in [-0.39, 0.29) is 0 Å². The van der Waals surface area contributed by atoms with Crippen molar-refractivity contribution in [2.75, 3.05) is 32.8 Å². The molecule has 1 fully saturated rings. The molecule has 5 nitrogen and oxygen atoms in total. The third kappa shape index (κ3) is 4.34. The molecule has 0 bridgehead atoms. The molecule has 0 aliphatic carbocycles. The van der Waals surface area contributed by atoms with Crippen LogP contribution in [0.3, 0.4) is 0 Å². The first kappa shape index (κ1) is 16.1. The number of morpholine rings is 1. The average Bonchev–Trinajstić information content (AvgIpc) is 2.63. The van der Waals surface area contributed by atoms with Crippen LogP contribution in [0.15, 0.2) is 36.4 Å². The molecule has 5 heteroatoms. The van der Waals surface area contributed by atoms with Crippen LogP contribution in [0.1, 0.15) is 17.7 Å². The highest BCUT2D eigenvalue weighted by atomic mass is 16.5. The van der Waals surface area contributed by atoms with Crippen molar-refractivity contribution in [3.05, 3.63) is 47.7 Å². The lowest BCUT2D eigenvalue weighted by Crippen LogP contribution is -2.37. The average molecular weight is 312 g/mol. The zero-order valence-corrected chi connectivity index (χ0v) is 13.4. The molecule has 1 aromatic heterocycles. The van der Waals surface area contributed by atoms with Crippen LogP contribution in [0.25, 0.3) is 11.3 Å². The van der Waals surface area contributed by atoms with Gasteiger partial charge in [-0.3, -0.25) is 4.90 Å². The minimum Gasteiger partial charge on any atom is -0.379 e. The van der Waals surface area contributed by atoms with E-state index in [1.54, 1.807) is 0 Å². The number of hydrogen-bond donors (Lipinski definition) is 1. The number of hydrogen-bond acceptors (Lipinski definition) is 5. The molecule has 1 saturated heterocycles. The Morgan fingerprint density at radius 2 is 1.87 bits per heavy atom. The van der Waals surface area contributed by atoms with Gasteiger partial charge in [0.15, 0.2) is 0 Å². The zero-order chi connectivity index (χ0) is 15.9. The predicted molar refractivity (Wildman–Crippen MR) is 90.9 cm³/mol. The Balaban J connectivity index is 1.63. The summed E-state index contributed by atoms with van der Waals surface area (Å²) < 4.78 is 5.38. The first-order valence-electron chi connectivity index (χ1n) is 8.28. The molecule has 0 radical (unpaired) electrons. The van der Waals surface area contributed by atoms with Crippen LogP contribution >= 0.6 is 0 Å². The number of aromatic nitrogens is 2. The summed E-state index contributed by atoms with van der Waals surface area (Å²) in [4.78, 5) is 2.44. The van der Waals surface area contributed by atoms with Crippen molar-refractivity contribution in [2.24, 2.45) is 5.73 Å². The van der Waals surface area contributed by atoms with Gasteiger partial charge in [-0.2, -0.15) is 10.2 Å². The second-order valence-corrected chi connectivity index (χ2v) is 5.83. The van der Waals surface area contributed by atoms with Gasteiger partial charge in [0.25, 0.3) is 0 Å². The van der Waals surface area contributed by atoms with Crippen LogP contribution < -0.4 is 5.73 Å². The van der Waals surface area contributed by atoms with Crippen molar-refractivity contribution in [1.29, 1.82) is 0 Å². The van der Waals surface area contributed by atoms with Crippen LogP contribution in [-0.4, -0.2) is 47.9 Å². The molecule has 2 heterocycles. The first-order chi connectivity index (χ1) is 11.4. The summed E-state index contributed by atoms with van der Waals surface area (Å²) in [7, 11) is 0. The maximum atomic E-state index is 5.92. The van der Waals surface area contributed by atoms with E-state index < -0.39 is 0 Å². The molecule has 1 aliphatic heterocycles. The normalized spacial score (nSPS) is 15.7. The summed E-state index contributed by atoms with van der Waals surface area (Å²) in [5.74, 6) is 0. The molecule has 2 N–H and O–H groups in total. The van der Waals surface area contributed by atoms with Gasteiger partial charge >= 0.3 is 0 Å². The Morgan fingerprint density at radius 1 is 1.09 bits per heavy atom. The van der Waals surface area contributed by atoms with Crippen molar-refractivity contribution in [3.8, 4) is 11.3 Å². The highest BCUT2D eigenvalue weighted by molar-refractivity contribution is 5.59. The van der Waals surface area contributed by atoms with Gasteiger partial charge in [0.05, 0.1) is 24.6 Å². The Kier molecular flexibility index (Phi) is 5.69. The van der Waals surface area contributed by atoms with Gasteiger partial charge in [-0.1, -0.05) is 30.3 Å². The fraction of sp³-hybridized carbons (Fsp3) is 0.444. The maximum Gasteiger partial charge on any atom is 0.0933 e. The van der Waals surface area contributed by atoms with Gasteiger partial charge in [-0.15, -0.1) is 0 Å². The van der Waals surface area contributed by atoms with Gasteiger partial charge in [-0.25, -0.2) is 0 Å². The lowest BCUT2D eigenvalue weighted by atomic mass is 10.1. The third-order valence-corrected chi connectivity index (χ3v) is 4.24. The van der Waals surface area contributed by atoms with E-state index in [9.17, 15) is 0 Å². The number of benzene rings is 1. The quantitative estimate of drug-likeness (QED) is 0.882. The van der Waals surface area contributed by atoms with Gasteiger partial charge in [-0.05, 0) is 31.0 Å². The fourth-order valence-corrected chi connectivity index (χ4v) is 2.89. The lowest BCUT2D eigenvalue weighted by Gasteiger charge is -2.26. The molecule has 0 saturated carbocycles. The Bertz CT molecular complexity index is 612. The summed E-state index contributed by atoms with van der Waals surface area (Å²) >= 11 is 0. The van der Waals surface area contributed by atoms with Crippen LogP contribution in [0.2, 0.25) is 0 Å². The largest absolute Gasteiger partial charge is 0.379 e. The van der Waals surface area contributed by atoms with Crippen LogP contribution in [0.4, 0.5) is 0 Å². The summed E-state index contributed by atoms with van der Waals surface area (Å²) in [5.41, 5.74) is 10.0. The monoisotopic (exact) mass is 312 g/mol. The van der Waals surface area contributed by atoms with E-state index in [1.807, 2.05) is 30.3 Å². The van der Waals surface area contributed by atoms with Gasteiger partial charge < -0.3 is 10.5 Å². The molecule has 23 heavy (non-hydrogen) atoms. The Labute approximate surface area is 137 Å². The molecule has 122 valence electrons. The summed E-state index contributed by atoms with van der Waals surface area (Å²) in [6, 6.07) is 12.2. The molecule has 0 amide bonds. The van der Waals surface area contributed by atoms with E-state index in [2.05, 4.69) is 21.2 Å². The van der Waals surface area contributed by atoms with E-state index in [1.165, 1.54) is 0 Å². The minimum atomic E-state index is 0.502. The highest BCUT2D eigenvalue weighted by Gasteiger charge is 2.11. The summed E-state index contributed by atoms with van der Waals surface area (Å²) in [5, 5.41) is 8.82. The molecule has 2 aromatic rings. The molecule has 0 atom stereocenters. The van der Waals surface area contributed by atoms with Crippen molar-refractivity contribution in [3.63, 3.8) is 0 Å². The minimum absolute atomic E-state index is 0.502. The first-order valence-corrected chi connectivity index (χ1v) is 8.28. The van der Waals surface area contributed by atoms with E-state index in [0.29, 0.717) is 6.54 Å². The SMILES string of the molecule is NCc1cc(-c2ccccc2)nnc1CCCN1CCOCC1. The summed E-state index contributed by atoms with van der Waals surface area (Å²) in [6.45, 7) is 5.34. The van der Waals surface area contributed by atoms with Crippen LogP contribution in [0, 0.1) is 0 Å². The predicted octanol–water partition coefficient (Wildman–Crippen LogP) is 1.87. The topological polar surface area (TPSA) is 64.3 Å². The van der Waals surface area contributed by atoms with Crippen LogP contribution in [0.5, 0.6) is 0 Å². The van der Waals surface area contributed by atoms with Gasteiger partial charge in [0.2, 0.25) is 0 Å². The Morgan fingerprint density at radius 3 is 2.61 bits per heavy atom. The smallest absolute Gasteiger partial charge is 0.0933 e. The molecule has 0 spiro atoms. The standard InChI is InChI=1S/C18H24N4O/c19-14-16-13-18(15-5-2-1-3-6-15)21-20-17(16)7-4-8-22-9-11-23-12-10-22/h1-3,5-6,13H,4,7-12,14,19H2. The summed E-state index contributed by atoms with van der Waals surface area (Å²) in [6.07, 6.45) is 2.00.